The second kappa shape index (κ2) is 6.50. The molecular formula is C15H19BrN2O2. The van der Waals surface area contributed by atoms with E-state index in [-0.39, 0.29) is 17.7 Å². The molecule has 1 fully saturated rings. The van der Waals surface area contributed by atoms with Crippen molar-refractivity contribution in [2.45, 2.75) is 18.8 Å². The monoisotopic (exact) mass is 338 g/mol. The molecule has 20 heavy (non-hydrogen) atoms. The van der Waals surface area contributed by atoms with Crippen LogP contribution in [0, 0.1) is 0 Å². The largest absolute Gasteiger partial charge is 0.308 e. The lowest BCUT2D eigenvalue weighted by molar-refractivity contribution is -0.148. The second-order valence-electron chi connectivity index (χ2n) is 5.40. The minimum atomic E-state index is -0.0620. The predicted octanol–water partition coefficient (Wildman–Crippen LogP) is 2.24. The van der Waals surface area contributed by atoms with Gasteiger partial charge in [0.25, 0.3) is 0 Å². The van der Waals surface area contributed by atoms with Gasteiger partial charge >= 0.3 is 0 Å². The molecule has 2 rings (SSSR count). The molecule has 1 aliphatic rings. The third-order valence-electron chi connectivity index (χ3n) is 3.54. The summed E-state index contributed by atoms with van der Waals surface area (Å²) in [7, 11) is 3.87. The Labute approximate surface area is 127 Å². The van der Waals surface area contributed by atoms with Crippen LogP contribution < -0.4 is 0 Å². The zero-order chi connectivity index (χ0) is 14.7. The molecule has 0 aromatic heterocycles. The van der Waals surface area contributed by atoms with E-state index in [1.54, 1.807) is 0 Å². The van der Waals surface area contributed by atoms with Gasteiger partial charge in [-0.2, -0.15) is 0 Å². The number of hydrogen-bond donors (Lipinski definition) is 0. The number of piperidine rings is 1. The number of hydrogen-bond acceptors (Lipinski definition) is 3. The van der Waals surface area contributed by atoms with E-state index >= 15 is 0 Å². The van der Waals surface area contributed by atoms with Gasteiger partial charge in [0.05, 0.1) is 0 Å². The van der Waals surface area contributed by atoms with E-state index in [0.717, 1.165) is 10.0 Å². The summed E-state index contributed by atoms with van der Waals surface area (Å²) in [5.41, 5.74) is 1.05. The van der Waals surface area contributed by atoms with Gasteiger partial charge in [-0.3, -0.25) is 14.5 Å². The molecule has 0 radical (unpaired) electrons. The number of carbonyl (C=O) groups is 2. The molecule has 108 valence electrons. The molecule has 0 atom stereocenters. The summed E-state index contributed by atoms with van der Waals surface area (Å²) in [6, 6.07) is 7.85. The first-order chi connectivity index (χ1) is 9.47. The van der Waals surface area contributed by atoms with Crippen LogP contribution in [0.1, 0.15) is 24.3 Å². The lowest BCUT2D eigenvalue weighted by atomic mass is 9.88. The first kappa shape index (κ1) is 15.2. The Balaban J connectivity index is 2.06. The molecule has 0 unspecified atom stereocenters. The summed E-state index contributed by atoms with van der Waals surface area (Å²) in [4.78, 5) is 27.7. The third kappa shape index (κ3) is 3.67. The van der Waals surface area contributed by atoms with Crippen LogP contribution >= 0.6 is 15.9 Å². The molecule has 4 nitrogen and oxygen atoms in total. The van der Waals surface area contributed by atoms with E-state index in [9.17, 15) is 9.59 Å². The van der Waals surface area contributed by atoms with Gasteiger partial charge in [0.2, 0.25) is 11.8 Å². The number of amides is 2. The number of likely N-dealkylation sites (tertiary alicyclic amines) is 1. The van der Waals surface area contributed by atoms with Crippen molar-refractivity contribution in [1.29, 1.82) is 0 Å². The lowest BCUT2D eigenvalue weighted by Crippen LogP contribution is -2.45. The number of rotatable bonds is 4. The molecule has 1 aromatic rings. The van der Waals surface area contributed by atoms with E-state index in [1.165, 1.54) is 4.90 Å². The number of halogens is 1. The average molecular weight is 339 g/mol. The van der Waals surface area contributed by atoms with Gasteiger partial charge in [0.15, 0.2) is 0 Å². The van der Waals surface area contributed by atoms with Crippen LogP contribution in [0.3, 0.4) is 0 Å². The SMILES string of the molecule is CN(C)CCN1C(=O)CC(c2cccc(Br)c2)CC1=O. The normalized spacial score (nSPS) is 17.1. The van der Waals surface area contributed by atoms with Gasteiger partial charge in [-0.1, -0.05) is 28.1 Å². The van der Waals surface area contributed by atoms with Crippen molar-refractivity contribution < 1.29 is 9.59 Å². The first-order valence-electron chi connectivity index (χ1n) is 6.70. The maximum atomic E-state index is 12.2. The quantitative estimate of drug-likeness (QED) is 0.790. The Hall–Kier alpha value is -1.20. The summed E-state index contributed by atoms with van der Waals surface area (Å²) in [6.07, 6.45) is 0.825. The number of likely N-dealkylation sites (N-methyl/N-ethyl adjacent to an activating group) is 1. The Morgan fingerprint density at radius 1 is 1.25 bits per heavy atom. The Bertz CT molecular complexity index is 498. The molecule has 0 aliphatic carbocycles. The fraction of sp³-hybridized carbons (Fsp3) is 0.467. The molecule has 5 heteroatoms. The van der Waals surface area contributed by atoms with Crippen LogP contribution in [0.15, 0.2) is 28.7 Å². The first-order valence-corrected chi connectivity index (χ1v) is 7.50. The van der Waals surface area contributed by atoms with E-state index in [4.69, 9.17) is 0 Å². The molecular weight excluding hydrogens is 320 g/mol. The number of imide groups is 1. The summed E-state index contributed by atoms with van der Waals surface area (Å²) >= 11 is 3.43. The van der Waals surface area contributed by atoms with Gasteiger partial charge in [-0.05, 0) is 31.8 Å². The zero-order valence-electron chi connectivity index (χ0n) is 11.8. The Kier molecular flexibility index (Phi) is 4.94. The van der Waals surface area contributed by atoms with Crippen molar-refractivity contribution in [1.82, 2.24) is 9.80 Å². The standard InChI is InChI=1S/C15H19BrN2O2/c1-17(2)6-7-18-14(19)9-12(10-15(18)20)11-4-3-5-13(16)8-11/h3-5,8,12H,6-7,9-10H2,1-2H3. The minimum Gasteiger partial charge on any atom is -0.308 e. The topological polar surface area (TPSA) is 40.6 Å². The molecule has 1 saturated heterocycles. The van der Waals surface area contributed by atoms with Gasteiger partial charge in [0, 0.05) is 36.3 Å². The number of nitrogens with zero attached hydrogens (tertiary/aromatic N) is 2. The summed E-state index contributed by atoms with van der Waals surface area (Å²) in [5.74, 6) is -0.121. The fourth-order valence-corrected chi connectivity index (χ4v) is 2.82. The van der Waals surface area contributed by atoms with E-state index in [0.29, 0.717) is 25.9 Å². The van der Waals surface area contributed by atoms with Gasteiger partial charge in [0.1, 0.15) is 0 Å². The molecule has 0 spiro atoms. The van der Waals surface area contributed by atoms with Crippen LogP contribution in [0.25, 0.3) is 0 Å². The molecule has 2 amide bonds. The van der Waals surface area contributed by atoms with Crippen LogP contribution in [0.5, 0.6) is 0 Å². The Morgan fingerprint density at radius 2 is 1.90 bits per heavy atom. The highest BCUT2D eigenvalue weighted by atomic mass is 79.9. The van der Waals surface area contributed by atoms with Gasteiger partial charge in [-0.15, -0.1) is 0 Å². The number of benzene rings is 1. The molecule has 0 N–H and O–H groups in total. The lowest BCUT2D eigenvalue weighted by Gasteiger charge is -2.31. The van der Waals surface area contributed by atoms with E-state index in [1.807, 2.05) is 43.3 Å². The van der Waals surface area contributed by atoms with Crippen molar-refractivity contribution in [2.75, 3.05) is 27.2 Å². The maximum absolute atomic E-state index is 12.2. The Morgan fingerprint density at radius 3 is 2.45 bits per heavy atom. The van der Waals surface area contributed by atoms with Crippen molar-refractivity contribution in [3.05, 3.63) is 34.3 Å². The van der Waals surface area contributed by atoms with Crippen LogP contribution in [-0.4, -0.2) is 48.8 Å². The van der Waals surface area contributed by atoms with Crippen molar-refractivity contribution in [3.63, 3.8) is 0 Å². The summed E-state index contributed by atoms with van der Waals surface area (Å²) in [6.45, 7) is 1.19. The highest BCUT2D eigenvalue weighted by Gasteiger charge is 2.32. The van der Waals surface area contributed by atoms with Crippen molar-refractivity contribution in [2.24, 2.45) is 0 Å². The zero-order valence-corrected chi connectivity index (χ0v) is 13.4. The smallest absolute Gasteiger partial charge is 0.229 e. The highest BCUT2D eigenvalue weighted by Crippen LogP contribution is 2.30. The van der Waals surface area contributed by atoms with Gasteiger partial charge in [-0.25, -0.2) is 0 Å². The average Bonchev–Trinajstić information content (AvgIpc) is 2.37. The van der Waals surface area contributed by atoms with Gasteiger partial charge < -0.3 is 4.90 Å². The molecule has 0 bridgehead atoms. The molecule has 1 aliphatic heterocycles. The van der Waals surface area contributed by atoms with Crippen LogP contribution in [-0.2, 0) is 9.59 Å². The highest BCUT2D eigenvalue weighted by molar-refractivity contribution is 9.10. The van der Waals surface area contributed by atoms with E-state index in [2.05, 4.69) is 15.9 Å². The van der Waals surface area contributed by atoms with Crippen molar-refractivity contribution >= 4 is 27.7 Å². The van der Waals surface area contributed by atoms with E-state index < -0.39 is 0 Å². The number of carbonyl (C=O) groups excluding carboxylic acids is 2. The summed E-state index contributed by atoms with van der Waals surface area (Å²) in [5, 5.41) is 0. The predicted molar refractivity (Wildman–Crippen MR) is 81.4 cm³/mol. The second-order valence-corrected chi connectivity index (χ2v) is 6.32. The van der Waals surface area contributed by atoms with Crippen LogP contribution in [0.4, 0.5) is 0 Å². The fourth-order valence-electron chi connectivity index (χ4n) is 2.40. The van der Waals surface area contributed by atoms with Crippen LogP contribution in [0.2, 0.25) is 0 Å². The molecule has 1 heterocycles. The third-order valence-corrected chi connectivity index (χ3v) is 4.03. The molecule has 0 saturated carbocycles. The molecule has 1 aromatic carbocycles. The summed E-state index contributed by atoms with van der Waals surface area (Å²) < 4.78 is 0.977. The van der Waals surface area contributed by atoms with Crippen molar-refractivity contribution in [3.8, 4) is 0 Å². The maximum Gasteiger partial charge on any atom is 0.229 e. The minimum absolute atomic E-state index is 0.00288.